The van der Waals surface area contributed by atoms with Gasteiger partial charge in [-0.1, -0.05) is 24.1 Å². The molecule has 0 saturated heterocycles. The molecule has 3 heterocycles. The zero-order valence-electron chi connectivity index (χ0n) is 12.8. The minimum absolute atomic E-state index is 0.136. The van der Waals surface area contributed by atoms with E-state index >= 15 is 0 Å². The lowest BCUT2D eigenvalue weighted by Crippen LogP contribution is -2.32. The number of hydrogen-bond acceptors (Lipinski definition) is 7. The van der Waals surface area contributed by atoms with Gasteiger partial charge in [-0.15, -0.1) is 11.3 Å². The summed E-state index contributed by atoms with van der Waals surface area (Å²) in [6.45, 7) is 0. The lowest BCUT2D eigenvalue weighted by Gasteiger charge is -2.09. The van der Waals surface area contributed by atoms with E-state index in [0.29, 0.717) is 22.2 Å². The van der Waals surface area contributed by atoms with Crippen LogP contribution in [-0.2, 0) is 0 Å². The minimum atomic E-state index is -0.136. The van der Waals surface area contributed by atoms with Crippen molar-refractivity contribution in [1.82, 2.24) is 25.4 Å². The van der Waals surface area contributed by atoms with Crippen molar-refractivity contribution in [3.8, 4) is 23.1 Å². The van der Waals surface area contributed by atoms with Crippen LogP contribution in [0.15, 0.2) is 34.3 Å². The Kier molecular flexibility index (Phi) is 4.04. The highest BCUT2D eigenvalue weighted by Gasteiger charge is 2.21. The molecule has 0 radical (unpaired) electrons. The van der Waals surface area contributed by atoms with Crippen LogP contribution in [0, 0.1) is 0 Å². The maximum atomic E-state index is 12.2. The summed E-state index contributed by atoms with van der Waals surface area (Å²) in [6.07, 6.45) is 6.10. The van der Waals surface area contributed by atoms with E-state index in [0.717, 1.165) is 12.8 Å². The summed E-state index contributed by atoms with van der Waals surface area (Å²) < 4.78 is 5.24. The lowest BCUT2D eigenvalue weighted by molar-refractivity contribution is 0.0937. The largest absolute Gasteiger partial charge is 0.347 e. The Morgan fingerprint density at radius 3 is 2.88 bits per heavy atom. The zero-order valence-corrected chi connectivity index (χ0v) is 13.6. The van der Waals surface area contributed by atoms with Crippen molar-refractivity contribution in [2.24, 2.45) is 0 Å². The zero-order chi connectivity index (χ0) is 16.4. The van der Waals surface area contributed by atoms with E-state index in [9.17, 15) is 4.79 Å². The number of thiazole rings is 1. The summed E-state index contributed by atoms with van der Waals surface area (Å²) in [6, 6.07) is 5.74. The summed E-state index contributed by atoms with van der Waals surface area (Å²) in [7, 11) is 0. The highest BCUT2D eigenvalue weighted by molar-refractivity contribution is 7.12. The molecular weight excluding hydrogens is 326 g/mol. The fourth-order valence-corrected chi connectivity index (χ4v) is 3.41. The van der Waals surface area contributed by atoms with Gasteiger partial charge in [0.25, 0.3) is 11.8 Å². The second-order valence-corrected chi connectivity index (χ2v) is 6.49. The highest BCUT2D eigenvalue weighted by Crippen LogP contribution is 2.24. The normalized spacial score (nSPS) is 14.8. The molecule has 24 heavy (non-hydrogen) atoms. The number of nitrogens with one attached hydrogen (secondary N) is 1. The molecule has 1 N–H and O–H groups in total. The Bertz CT molecular complexity index is 839. The van der Waals surface area contributed by atoms with E-state index in [4.69, 9.17) is 4.52 Å². The number of hydrogen-bond donors (Lipinski definition) is 1. The molecule has 8 heteroatoms. The molecule has 7 nitrogen and oxygen atoms in total. The van der Waals surface area contributed by atoms with E-state index in [1.54, 1.807) is 17.6 Å². The van der Waals surface area contributed by atoms with Crippen LogP contribution in [0.3, 0.4) is 0 Å². The first-order chi connectivity index (χ1) is 11.8. The van der Waals surface area contributed by atoms with Crippen molar-refractivity contribution < 1.29 is 9.32 Å². The molecule has 0 bridgehead atoms. The number of nitrogens with zero attached hydrogens (tertiary/aromatic N) is 4. The van der Waals surface area contributed by atoms with Crippen molar-refractivity contribution >= 4 is 17.2 Å². The van der Waals surface area contributed by atoms with Crippen molar-refractivity contribution in [2.45, 2.75) is 31.7 Å². The SMILES string of the molecule is O=C(NC1CCCC1)c1nc(-c2nc(-c3ccccn3)no2)cs1. The molecule has 1 saturated carbocycles. The van der Waals surface area contributed by atoms with Gasteiger partial charge >= 0.3 is 0 Å². The maximum Gasteiger partial charge on any atom is 0.280 e. The first-order valence-electron chi connectivity index (χ1n) is 7.81. The molecule has 3 aromatic heterocycles. The number of pyridine rings is 1. The Hall–Kier alpha value is -2.61. The van der Waals surface area contributed by atoms with Crippen LogP contribution in [-0.4, -0.2) is 32.1 Å². The van der Waals surface area contributed by atoms with E-state index in [1.807, 2.05) is 12.1 Å². The van der Waals surface area contributed by atoms with Crippen molar-refractivity contribution in [1.29, 1.82) is 0 Å². The Labute approximate surface area is 142 Å². The van der Waals surface area contributed by atoms with Gasteiger partial charge in [-0.25, -0.2) is 4.98 Å². The minimum Gasteiger partial charge on any atom is -0.347 e. The smallest absolute Gasteiger partial charge is 0.280 e. The van der Waals surface area contributed by atoms with Gasteiger partial charge in [0.1, 0.15) is 11.4 Å². The number of carbonyl (C=O) groups is 1. The number of amides is 1. The second kappa shape index (κ2) is 6.48. The van der Waals surface area contributed by atoms with Gasteiger partial charge in [0.2, 0.25) is 5.82 Å². The first kappa shape index (κ1) is 14.9. The average Bonchev–Trinajstić information content (AvgIpc) is 3.36. The van der Waals surface area contributed by atoms with Gasteiger partial charge in [-0.3, -0.25) is 9.78 Å². The van der Waals surface area contributed by atoms with Crippen LogP contribution >= 0.6 is 11.3 Å². The molecule has 0 aliphatic heterocycles. The van der Waals surface area contributed by atoms with Crippen LogP contribution < -0.4 is 5.32 Å². The lowest BCUT2D eigenvalue weighted by atomic mass is 10.2. The maximum absolute atomic E-state index is 12.2. The van der Waals surface area contributed by atoms with E-state index in [2.05, 4.69) is 25.4 Å². The average molecular weight is 341 g/mol. The summed E-state index contributed by atoms with van der Waals surface area (Å²) >= 11 is 1.27. The predicted octanol–water partition coefficient (Wildman–Crippen LogP) is 2.93. The fourth-order valence-electron chi connectivity index (χ4n) is 2.72. The van der Waals surface area contributed by atoms with E-state index in [-0.39, 0.29) is 17.8 Å². The van der Waals surface area contributed by atoms with Crippen molar-refractivity contribution in [2.75, 3.05) is 0 Å². The monoisotopic (exact) mass is 341 g/mol. The third kappa shape index (κ3) is 3.05. The first-order valence-corrected chi connectivity index (χ1v) is 8.69. The Balaban J connectivity index is 1.50. The number of carbonyl (C=O) groups excluding carboxylic acids is 1. The molecule has 0 unspecified atom stereocenters. The van der Waals surface area contributed by atoms with Crippen LogP contribution in [0.4, 0.5) is 0 Å². The second-order valence-electron chi connectivity index (χ2n) is 5.63. The quantitative estimate of drug-likeness (QED) is 0.784. The molecule has 0 aromatic carbocycles. The highest BCUT2D eigenvalue weighted by atomic mass is 32.1. The molecule has 4 rings (SSSR count). The molecule has 122 valence electrons. The molecular formula is C16H15N5O2S. The summed E-state index contributed by atoms with van der Waals surface area (Å²) in [5.74, 6) is 0.546. The van der Waals surface area contributed by atoms with Gasteiger partial charge in [-0.05, 0) is 25.0 Å². The Morgan fingerprint density at radius 2 is 2.08 bits per heavy atom. The van der Waals surface area contributed by atoms with Gasteiger partial charge in [-0.2, -0.15) is 4.98 Å². The standard InChI is InChI=1S/C16H15N5O2S/c22-14(18-10-5-1-2-6-10)16-19-12(9-24-16)15-20-13(21-23-15)11-7-3-4-8-17-11/h3-4,7-10H,1-2,5-6H2,(H,18,22). The van der Waals surface area contributed by atoms with E-state index < -0.39 is 0 Å². The van der Waals surface area contributed by atoms with Crippen LogP contribution in [0.5, 0.6) is 0 Å². The van der Waals surface area contributed by atoms with Gasteiger partial charge in [0, 0.05) is 17.6 Å². The number of rotatable bonds is 4. The molecule has 1 aliphatic carbocycles. The van der Waals surface area contributed by atoms with Crippen LogP contribution in [0.1, 0.15) is 35.5 Å². The number of aromatic nitrogens is 4. The third-order valence-corrected chi connectivity index (χ3v) is 4.77. The summed E-state index contributed by atoms with van der Waals surface area (Å²) in [5.41, 5.74) is 1.13. The predicted molar refractivity (Wildman–Crippen MR) is 88.4 cm³/mol. The summed E-state index contributed by atoms with van der Waals surface area (Å²) in [4.78, 5) is 25.0. The van der Waals surface area contributed by atoms with Gasteiger partial charge < -0.3 is 9.84 Å². The summed E-state index contributed by atoms with van der Waals surface area (Å²) in [5, 5.41) is 9.10. The third-order valence-electron chi connectivity index (χ3n) is 3.93. The topological polar surface area (TPSA) is 93.8 Å². The molecule has 0 spiro atoms. The van der Waals surface area contributed by atoms with Gasteiger partial charge in [0.05, 0.1) is 0 Å². The molecule has 1 aliphatic rings. The van der Waals surface area contributed by atoms with Crippen LogP contribution in [0.2, 0.25) is 0 Å². The van der Waals surface area contributed by atoms with Gasteiger partial charge in [0.15, 0.2) is 5.01 Å². The Morgan fingerprint density at radius 1 is 1.21 bits per heavy atom. The van der Waals surface area contributed by atoms with Crippen molar-refractivity contribution in [3.63, 3.8) is 0 Å². The van der Waals surface area contributed by atoms with Crippen molar-refractivity contribution in [3.05, 3.63) is 34.8 Å². The molecule has 3 aromatic rings. The van der Waals surface area contributed by atoms with E-state index in [1.165, 1.54) is 24.2 Å². The molecule has 1 amide bonds. The molecule has 0 atom stereocenters. The van der Waals surface area contributed by atoms with Crippen LogP contribution in [0.25, 0.3) is 23.1 Å². The molecule has 1 fully saturated rings. The fraction of sp³-hybridized carbons (Fsp3) is 0.312.